The Bertz CT molecular complexity index is 798. The zero-order chi connectivity index (χ0) is 17.5. The first-order chi connectivity index (χ1) is 11.4. The van der Waals surface area contributed by atoms with E-state index in [1.54, 1.807) is 0 Å². The van der Waals surface area contributed by atoms with Gasteiger partial charge in [0.05, 0.1) is 6.04 Å². The van der Waals surface area contributed by atoms with E-state index in [-0.39, 0.29) is 28.0 Å². The monoisotopic (exact) mass is 366 g/mol. The van der Waals surface area contributed by atoms with Crippen LogP contribution in [0, 0.1) is 0 Å². The van der Waals surface area contributed by atoms with Crippen LogP contribution in [0.3, 0.4) is 0 Å². The Morgan fingerprint density at radius 3 is 2.42 bits per heavy atom. The highest BCUT2D eigenvalue weighted by Crippen LogP contribution is 2.42. The van der Waals surface area contributed by atoms with Crippen LogP contribution in [0.4, 0.5) is 0 Å². The number of carbonyl (C=O) groups is 2. The third-order valence-electron chi connectivity index (χ3n) is 4.32. The molecule has 1 saturated carbocycles. The van der Waals surface area contributed by atoms with Crippen molar-refractivity contribution in [3.8, 4) is 0 Å². The van der Waals surface area contributed by atoms with Crippen molar-refractivity contribution < 1.29 is 14.3 Å². The second-order valence-corrected chi connectivity index (χ2v) is 6.61. The first-order valence-corrected chi connectivity index (χ1v) is 8.34. The second-order valence-electron chi connectivity index (χ2n) is 5.92. The summed E-state index contributed by atoms with van der Waals surface area (Å²) in [4.78, 5) is 28.3. The average Bonchev–Trinajstić information content (AvgIpc) is 3.26. The zero-order valence-electron chi connectivity index (χ0n) is 13.3. The number of benzene rings is 1. The molecule has 1 heterocycles. The molecule has 1 aliphatic carbocycles. The summed E-state index contributed by atoms with van der Waals surface area (Å²) in [5, 5.41) is 0.0584. The first kappa shape index (κ1) is 17.0. The van der Waals surface area contributed by atoms with E-state index in [9.17, 15) is 9.59 Å². The van der Waals surface area contributed by atoms with E-state index in [2.05, 4.69) is 4.98 Å². The van der Waals surface area contributed by atoms with E-state index < -0.39 is 11.6 Å². The lowest BCUT2D eigenvalue weighted by molar-refractivity contribution is -0.127. The Hall–Kier alpha value is -1.85. The molecule has 1 aromatic heterocycles. The number of aromatic nitrogens is 2. The number of halogens is 2. The molecule has 1 atom stereocenters. The van der Waals surface area contributed by atoms with E-state index in [4.69, 9.17) is 27.9 Å². The number of Topliss-reactive ketones (excluding diaryl/α,β-unsaturated/α-hetero) is 1. The third kappa shape index (κ3) is 2.94. The molecule has 0 unspecified atom stereocenters. The molecule has 0 N–H and O–H groups in total. The summed E-state index contributed by atoms with van der Waals surface area (Å²) in [6, 6.07) is 9.26. The number of esters is 1. The second kappa shape index (κ2) is 6.22. The Balaban J connectivity index is 1.97. The quantitative estimate of drug-likeness (QED) is 0.748. The summed E-state index contributed by atoms with van der Waals surface area (Å²) in [6.07, 6.45) is 1.06. The van der Waals surface area contributed by atoms with Gasteiger partial charge in [-0.1, -0.05) is 41.9 Å². The van der Waals surface area contributed by atoms with E-state index >= 15 is 0 Å². The summed E-state index contributed by atoms with van der Waals surface area (Å²) in [7, 11) is 0. The Labute approximate surface area is 149 Å². The van der Waals surface area contributed by atoms with Crippen LogP contribution in [0.15, 0.2) is 30.3 Å². The van der Waals surface area contributed by atoms with Crippen LogP contribution in [0.2, 0.25) is 10.4 Å². The molecule has 1 fully saturated rings. The van der Waals surface area contributed by atoms with E-state index in [0.29, 0.717) is 12.8 Å². The van der Waals surface area contributed by atoms with Crippen molar-refractivity contribution >= 4 is 35.0 Å². The lowest BCUT2D eigenvalue weighted by atomic mass is 10.1. The molecule has 5 nitrogen and oxygen atoms in total. The maximum atomic E-state index is 12.6. The Kier molecular flexibility index (Phi) is 4.40. The van der Waals surface area contributed by atoms with Gasteiger partial charge >= 0.3 is 5.97 Å². The summed E-state index contributed by atoms with van der Waals surface area (Å²) >= 11 is 12.3. The van der Waals surface area contributed by atoms with Gasteiger partial charge < -0.3 is 9.30 Å². The zero-order valence-corrected chi connectivity index (χ0v) is 14.8. The fourth-order valence-electron chi connectivity index (χ4n) is 2.66. The normalized spacial score (nSPS) is 16.5. The number of ketones is 1. The molecule has 2 aromatic rings. The molecule has 3 rings (SSSR count). The highest BCUT2D eigenvalue weighted by molar-refractivity contribution is 6.34. The van der Waals surface area contributed by atoms with Gasteiger partial charge in [0.15, 0.2) is 22.2 Å². The molecule has 0 bridgehead atoms. The van der Waals surface area contributed by atoms with Gasteiger partial charge in [-0.3, -0.25) is 4.79 Å². The number of ether oxygens (including phenoxy) is 1. The number of rotatable bonds is 5. The van der Waals surface area contributed by atoms with Crippen LogP contribution in [0.1, 0.15) is 48.8 Å². The molecule has 0 radical (unpaired) electrons. The average molecular weight is 367 g/mol. The topological polar surface area (TPSA) is 61.2 Å². The van der Waals surface area contributed by atoms with E-state index in [0.717, 1.165) is 5.56 Å². The van der Waals surface area contributed by atoms with Gasteiger partial charge in [0.2, 0.25) is 5.28 Å². The first-order valence-electron chi connectivity index (χ1n) is 7.58. The minimum atomic E-state index is -1.02. The van der Waals surface area contributed by atoms with Crippen LogP contribution >= 0.6 is 23.2 Å². The van der Waals surface area contributed by atoms with Gasteiger partial charge in [-0.15, -0.1) is 0 Å². The van der Waals surface area contributed by atoms with Crippen molar-refractivity contribution in [2.24, 2.45) is 0 Å². The van der Waals surface area contributed by atoms with Crippen LogP contribution < -0.4 is 0 Å². The van der Waals surface area contributed by atoms with Crippen molar-refractivity contribution in [3.63, 3.8) is 0 Å². The molecule has 0 amide bonds. The van der Waals surface area contributed by atoms with Crippen molar-refractivity contribution in [1.29, 1.82) is 0 Å². The van der Waals surface area contributed by atoms with Crippen LogP contribution in [-0.4, -0.2) is 26.9 Å². The predicted molar refractivity (Wildman–Crippen MR) is 90.6 cm³/mol. The van der Waals surface area contributed by atoms with Crippen LogP contribution in [0.25, 0.3) is 0 Å². The molecular weight excluding hydrogens is 351 g/mol. The van der Waals surface area contributed by atoms with E-state index in [1.807, 2.05) is 37.3 Å². The minimum absolute atomic E-state index is 0.0351. The van der Waals surface area contributed by atoms with Gasteiger partial charge in [-0.05, 0) is 43.9 Å². The van der Waals surface area contributed by atoms with Crippen molar-refractivity contribution in [1.82, 2.24) is 9.55 Å². The van der Waals surface area contributed by atoms with Gasteiger partial charge in [-0.2, -0.15) is 0 Å². The smallest absolute Gasteiger partial charge is 0.359 e. The van der Waals surface area contributed by atoms with E-state index in [1.165, 1.54) is 11.5 Å². The molecule has 24 heavy (non-hydrogen) atoms. The lowest BCUT2D eigenvalue weighted by Crippen LogP contribution is -2.29. The molecule has 1 aliphatic rings. The lowest BCUT2D eigenvalue weighted by Gasteiger charge is -2.19. The fraction of sp³-hybridized carbons (Fsp3) is 0.353. The third-order valence-corrected chi connectivity index (χ3v) is 4.85. The number of imidazole rings is 1. The van der Waals surface area contributed by atoms with Gasteiger partial charge in [0, 0.05) is 0 Å². The number of nitrogens with zero attached hydrogens (tertiary/aromatic N) is 2. The highest BCUT2D eigenvalue weighted by Gasteiger charge is 2.52. The molecule has 0 spiro atoms. The molecule has 0 saturated heterocycles. The molecule has 0 aliphatic heterocycles. The fourth-order valence-corrected chi connectivity index (χ4v) is 3.27. The number of hydrogen-bond acceptors (Lipinski definition) is 4. The van der Waals surface area contributed by atoms with Crippen LogP contribution in [0.5, 0.6) is 0 Å². The van der Waals surface area contributed by atoms with Crippen molar-refractivity contribution in [2.75, 3.05) is 0 Å². The summed E-state index contributed by atoms with van der Waals surface area (Å²) in [5.74, 6) is -0.852. The van der Waals surface area contributed by atoms with Crippen LogP contribution in [-0.2, 0) is 9.53 Å². The predicted octanol–water partition coefficient (Wildman–Crippen LogP) is 4.08. The summed E-state index contributed by atoms with van der Waals surface area (Å²) in [6.45, 7) is 3.30. The number of carbonyl (C=O) groups excluding carboxylic acids is 2. The van der Waals surface area contributed by atoms with Gasteiger partial charge in [0.1, 0.15) is 0 Å². The summed E-state index contributed by atoms with van der Waals surface area (Å²) < 4.78 is 6.95. The highest BCUT2D eigenvalue weighted by atomic mass is 35.5. The van der Waals surface area contributed by atoms with Crippen molar-refractivity contribution in [3.05, 3.63) is 52.0 Å². The number of hydrogen-bond donors (Lipinski definition) is 0. The SMILES string of the molecule is CC(=O)C1(OC(=O)c2c(Cl)nc(Cl)n2[C@H](C)c2ccccc2)CC1. The Morgan fingerprint density at radius 2 is 1.88 bits per heavy atom. The van der Waals surface area contributed by atoms with Crippen molar-refractivity contribution in [2.45, 2.75) is 38.3 Å². The molecule has 7 heteroatoms. The standard InChI is InChI=1S/C17H16Cl2N2O3/c1-10(12-6-4-3-5-7-12)21-13(14(18)20-16(21)19)15(23)24-17(8-9-17)11(2)22/h3-7,10H,8-9H2,1-2H3/t10-/m1/s1. The largest absolute Gasteiger partial charge is 0.446 e. The maximum Gasteiger partial charge on any atom is 0.359 e. The molecular formula is C17H16Cl2N2O3. The minimum Gasteiger partial charge on any atom is -0.446 e. The molecule has 126 valence electrons. The van der Waals surface area contributed by atoms with Gasteiger partial charge in [-0.25, -0.2) is 9.78 Å². The Morgan fingerprint density at radius 1 is 1.25 bits per heavy atom. The molecule has 1 aromatic carbocycles. The summed E-state index contributed by atoms with van der Waals surface area (Å²) in [5.41, 5.74) is -0.0152. The maximum absolute atomic E-state index is 12.6. The van der Waals surface area contributed by atoms with Gasteiger partial charge in [0.25, 0.3) is 0 Å².